The largest absolute Gasteiger partial charge is 0.376 e. The third-order valence-electron chi connectivity index (χ3n) is 6.34. The molecule has 0 saturated carbocycles. The molecule has 4 heterocycles. The average molecular weight is 439 g/mol. The summed E-state index contributed by atoms with van der Waals surface area (Å²) >= 11 is 0. The van der Waals surface area contributed by atoms with Crippen molar-refractivity contribution < 1.29 is 9.53 Å². The number of ether oxygens (including phenoxy) is 1. The molecule has 0 radical (unpaired) electrons. The van der Waals surface area contributed by atoms with E-state index in [1.165, 1.54) is 0 Å². The van der Waals surface area contributed by atoms with Crippen LogP contribution in [0.5, 0.6) is 0 Å². The lowest BCUT2D eigenvalue weighted by molar-refractivity contribution is -0.120. The Morgan fingerprint density at radius 2 is 2.12 bits per heavy atom. The Morgan fingerprint density at radius 3 is 2.91 bits per heavy atom. The number of hydrogen-bond acceptors (Lipinski definition) is 7. The van der Waals surface area contributed by atoms with Crippen molar-refractivity contribution in [1.82, 2.24) is 20.3 Å². The van der Waals surface area contributed by atoms with Crippen LogP contribution in [-0.2, 0) is 9.53 Å². The second-order valence-corrected chi connectivity index (χ2v) is 9.64. The topological polar surface area (TPSA) is 101 Å². The first-order chi connectivity index (χ1) is 15.4. The fourth-order valence-corrected chi connectivity index (χ4v) is 4.48. The van der Waals surface area contributed by atoms with Gasteiger partial charge in [-0.3, -0.25) is 9.78 Å². The van der Waals surface area contributed by atoms with Gasteiger partial charge in [0.2, 0.25) is 5.91 Å². The van der Waals surface area contributed by atoms with Crippen LogP contribution >= 0.6 is 0 Å². The molecule has 0 unspecified atom stereocenters. The van der Waals surface area contributed by atoms with Crippen molar-refractivity contribution in [3.63, 3.8) is 0 Å². The van der Waals surface area contributed by atoms with Crippen molar-refractivity contribution in [3.05, 3.63) is 30.7 Å². The zero-order chi connectivity index (χ0) is 22.6. The number of rotatable bonds is 6. The van der Waals surface area contributed by atoms with E-state index in [1.807, 2.05) is 12.1 Å². The summed E-state index contributed by atoms with van der Waals surface area (Å²) in [5.41, 5.74) is 1.55. The van der Waals surface area contributed by atoms with Gasteiger partial charge in [-0.15, -0.1) is 0 Å². The van der Waals surface area contributed by atoms with Crippen LogP contribution in [0.1, 0.15) is 46.5 Å². The molecule has 0 spiro atoms. The molecule has 2 aromatic heterocycles. The minimum Gasteiger partial charge on any atom is -0.376 e. The highest BCUT2D eigenvalue weighted by atomic mass is 16.5. The van der Waals surface area contributed by atoms with Crippen molar-refractivity contribution >= 4 is 17.5 Å². The first-order valence-electron chi connectivity index (χ1n) is 11.6. The lowest BCUT2D eigenvalue weighted by Crippen LogP contribution is -2.41. The standard InChI is InChI=1S/C24H34N6O2/c1-16-4-5-19(13-27-16)23(31)30-21-10-18(6-8-26-21)20-14-25-15-22(29-20)28-12-17-7-9-32-24(2,3)11-17/h6,8,10,14-17,19,27H,4-5,7,9,11-13H2,1-3H3,(H,28,29)(H,26,30,31)/t16-,17-,19-/m1/s1. The van der Waals surface area contributed by atoms with Gasteiger partial charge < -0.3 is 20.7 Å². The first-order valence-corrected chi connectivity index (χ1v) is 11.6. The van der Waals surface area contributed by atoms with Gasteiger partial charge in [0.1, 0.15) is 11.6 Å². The van der Waals surface area contributed by atoms with Gasteiger partial charge in [-0.2, -0.15) is 0 Å². The van der Waals surface area contributed by atoms with E-state index < -0.39 is 0 Å². The lowest BCUT2D eigenvalue weighted by Gasteiger charge is -2.35. The smallest absolute Gasteiger partial charge is 0.229 e. The van der Waals surface area contributed by atoms with E-state index in [1.54, 1.807) is 18.6 Å². The van der Waals surface area contributed by atoms with Gasteiger partial charge in [0, 0.05) is 37.5 Å². The minimum atomic E-state index is -0.0675. The molecule has 3 atom stereocenters. The number of anilines is 2. The summed E-state index contributed by atoms with van der Waals surface area (Å²) in [5, 5.41) is 9.76. The molecule has 0 aromatic carbocycles. The van der Waals surface area contributed by atoms with Crippen molar-refractivity contribution in [2.24, 2.45) is 11.8 Å². The van der Waals surface area contributed by atoms with E-state index in [0.717, 1.165) is 55.9 Å². The first kappa shape index (κ1) is 22.6. The second kappa shape index (κ2) is 9.92. The summed E-state index contributed by atoms with van der Waals surface area (Å²) in [6.45, 7) is 8.78. The van der Waals surface area contributed by atoms with Gasteiger partial charge in [0.25, 0.3) is 0 Å². The molecule has 3 N–H and O–H groups in total. The third-order valence-corrected chi connectivity index (χ3v) is 6.34. The van der Waals surface area contributed by atoms with Crippen molar-refractivity contribution in [3.8, 4) is 11.3 Å². The number of nitrogens with one attached hydrogen (secondary N) is 3. The predicted octanol–water partition coefficient (Wildman–Crippen LogP) is 3.48. The number of carbonyl (C=O) groups is 1. The van der Waals surface area contributed by atoms with Crippen LogP contribution in [-0.4, -0.2) is 52.2 Å². The zero-order valence-electron chi connectivity index (χ0n) is 19.2. The van der Waals surface area contributed by atoms with Crippen LogP contribution in [0.2, 0.25) is 0 Å². The van der Waals surface area contributed by atoms with E-state index in [-0.39, 0.29) is 17.4 Å². The maximum absolute atomic E-state index is 12.6. The number of amides is 1. The summed E-state index contributed by atoms with van der Waals surface area (Å²) in [6, 6.07) is 4.21. The van der Waals surface area contributed by atoms with Gasteiger partial charge in [-0.25, -0.2) is 9.97 Å². The Balaban J connectivity index is 1.38. The number of pyridine rings is 1. The summed E-state index contributed by atoms with van der Waals surface area (Å²) < 4.78 is 5.81. The van der Waals surface area contributed by atoms with Crippen LogP contribution in [0, 0.1) is 11.8 Å². The van der Waals surface area contributed by atoms with Gasteiger partial charge in [0.15, 0.2) is 0 Å². The normalized spacial score (nSPS) is 25.2. The monoisotopic (exact) mass is 438 g/mol. The maximum Gasteiger partial charge on any atom is 0.229 e. The number of piperidine rings is 1. The molecular weight excluding hydrogens is 404 g/mol. The maximum atomic E-state index is 12.6. The molecule has 172 valence electrons. The molecule has 2 aliphatic heterocycles. The molecule has 0 bridgehead atoms. The number of nitrogens with zero attached hydrogens (tertiary/aromatic N) is 3. The Kier molecular flexibility index (Phi) is 7.01. The summed E-state index contributed by atoms with van der Waals surface area (Å²) in [7, 11) is 0. The minimum absolute atomic E-state index is 0.00920. The van der Waals surface area contributed by atoms with Gasteiger partial charge in [-0.05, 0) is 64.5 Å². The number of aromatic nitrogens is 3. The molecule has 32 heavy (non-hydrogen) atoms. The van der Waals surface area contributed by atoms with Gasteiger partial charge in [-0.1, -0.05) is 0 Å². The number of carbonyl (C=O) groups excluding carboxylic acids is 1. The lowest BCUT2D eigenvalue weighted by atomic mass is 9.88. The molecule has 4 rings (SSSR count). The van der Waals surface area contributed by atoms with Crippen molar-refractivity contribution in [2.45, 2.75) is 58.1 Å². The zero-order valence-corrected chi connectivity index (χ0v) is 19.2. The Bertz CT molecular complexity index is 926. The summed E-state index contributed by atoms with van der Waals surface area (Å²) in [6.07, 6.45) is 9.14. The molecule has 8 nitrogen and oxygen atoms in total. The van der Waals surface area contributed by atoms with E-state index >= 15 is 0 Å². The van der Waals surface area contributed by atoms with Gasteiger partial charge >= 0.3 is 0 Å². The second-order valence-electron chi connectivity index (χ2n) is 9.64. The summed E-state index contributed by atoms with van der Waals surface area (Å²) in [4.78, 5) is 26.0. The highest BCUT2D eigenvalue weighted by Crippen LogP contribution is 2.29. The van der Waals surface area contributed by atoms with E-state index in [4.69, 9.17) is 9.72 Å². The molecule has 8 heteroatoms. The van der Waals surface area contributed by atoms with Crippen molar-refractivity contribution in [2.75, 3.05) is 30.3 Å². The van der Waals surface area contributed by atoms with Crippen LogP contribution < -0.4 is 16.0 Å². The predicted molar refractivity (Wildman–Crippen MR) is 125 cm³/mol. The highest BCUT2D eigenvalue weighted by molar-refractivity contribution is 5.92. The molecule has 0 aliphatic carbocycles. The Morgan fingerprint density at radius 1 is 1.25 bits per heavy atom. The highest BCUT2D eigenvalue weighted by Gasteiger charge is 2.28. The van der Waals surface area contributed by atoms with E-state index in [9.17, 15) is 4.79 Å². The van der Waals surface area contributed by atoms with Crippen LogP contribution in [0.25, 0.3) is 11.3 Å². The van der Waals surface area contributed by atoms with Crippen LogP contribution in [0.4, 0.5) is 11.6 Å². The fraction of sp³-hybridized carbons (Fsp3) is 0.583. The molecule has 2 aromatic rings. The van der Waals surface area contributed by atoms with Crippen LogP contribution in [0.15, 0.2) is 30.7 Å². The third kappa shape index (κ3) is 6.01. The summed E-state index contributed by atoms with van der Waals surface area (Å²) in [5.74, 6) is 1.81. The molecule has 1 amide bonds. The average Bonchev–Trinajstić information content (AvgIpc) is 2.78. The van der Waals surface area contributed by atoms with E-state index in [0.29, 0.717) is 24.3 Å². The van der Waals surface area contributed by atoms with Crippen LogP contribution in [0.3, 0.4) is 0 Å². The fourth-order valence-electron chi connectivity index (χ4n) is 4.48. The van der Waals surface area contributed by atoms with Gasteiger partial charge in [0.05, 0.1) is 29.6 Å². The Hall–Kier alpha value is -2.58. The Labute approximate surface area is 190 Å². The number of hydrogen-bond donors (Lipinski definition) is 3. The molecule has 2 saturated heterocycles. The SMILES string of the molecule is C[C@@H]1CC[C@@H](C(=O)Nc2cc(-c3cncc(NC[C@@H]4CCOC(C)(C)C4)n3)ccn2)CN1. The van der Waals surface area contributed by atoms with Crippen molar-refractivity contribution in [1.29, 1.82) is 0 Å². The molecule has 2 aliphatic rings. The quantitative estimate of drug-likeness (QED) is 0.635. The van der Waals surface area contributed by atoms with E-state index in [2.05, 4.69) is 46.7 Å². The molecular formula is C24H34N6O2. The molecule has 2 fully saturated rings.